The fraction of sp³-hybridized carbons (Fsp3) is 0.214. The van der Waals surface area contributed by atoms with Gasteiger partial charge in [0.2, 0.25) is 0 Å². The Morgan fingerprint density at radius 3 is 2.77 bits per heavy atom. The van der Waals surface area contributed by atoms with E-state index in [4.69, 9.17) is 4.74 Å². The minimum atomic E-state index is -1.01. The van der Waals surface area contributed by atoms with Crippen molar-refractivity contribution in [3.05, 3.63) is 83.9 Å². The van der Waals surface area contributed by atoms with E-state index in [1.165, 1.54) is 12.4 Å². The van der Waals surface area contributed by atoms with Crippen molar-refractivity contribution in [1.82, 2.24) is 15.3 Å². The van der Waals surface area contributed by atoms with Crippen molar-refractivity contribution < 1.29 is 14.2 Å². The summed E-state index contributed by atoms with van der Waals surface area (Å²) in [6, 6.07) is 17.6. The fourth-order valence-electron chi connectivity index (χ4n) is 4.04. The van der Waals surface area contributed by atoms with Crippen LogP contribution < -0.4 is 15.4 Å². The number of anilines is 2. The van der Waals surface area contributed by atoms with E-state index in [0.29, 0.717) is 24.5 Å². The number of fused-ring (bicyclic) bond motifs is 1. The van der Waals surface area contributed by atoms with E-state index < -0.39 is 11.4 Å². The Hall–Kier alpha value is -3.99. The predicted octanol–water partition coefficient (Wildman–Crippen LogP) is 5.08. The number of aliphatic hydroxyl groups is 1. The lowest BCUT2D eigenvalue weighted by molar-refractivity contribution is 0.0736. The normalized spacial score (nSPS) is 17.5. The van der Waals surface area contributed by atoms with Crippen molar-refractivity contribution in [2.24, 2.45) is 0 Å². The lowest BCUT2D eigenvalue weighted by Gasteiger charge is -2.27. The van der Waals surface area contributed by atoms with Crippen LogP contribution in [0, 0.1) is 24.6 Å². The van der Waals surface area contributed by atoms with Gasteiger partial charge in [0, 0.05) is 23.2 Å². The standard InChI is InChI=1S/C28H25FN4O2/c1-19-15-21(8-10-25(19)35-26-6-3-2-5-23(26)29)33-27-22-16-20(7-9-24(22)31-18-32-27)11-13-28(34)12-4-14-30-17-28/h2-3,5-10,15-16,18,30,34H,4,12,14,17H2,1H3,(H,31,32,33). The predicted molar refractivity (Wildman–Crippen MR) is 134 cm³/mol. The van der Waals surface area contributed by atoms with Crippen LogP contribution in [0.25, 0.3) is 10.9 Å². The molecular formula is C28H25FN4O2. The van der Waals surface area contributed by atoms with Gasteiger partial charge in [-0.05, 0) is 80.4 Å². The Morgan fingerprint density at radius 1 is 1.09 bits per heavy atom. The molecule has 0 bridgehead atoms. The summed E-state index contributed by atoms with van der Waals surface area (Å²) in [7, 11) is 0. The second kappa shape index (κ2) is 9.71. The Morgan fingerprint density at radius 2 is 1.97 bits per heavy atom. The summed E-state index contributed by atoms with van der Waals surface area (Å²) in [5.41, 5.74) is 2.20. The quantitative estimate of drug-likeness (QED) is 0.363. The third kappa shape index (κ3) is 5.24. The number of nitrogens with zero attached hydrogens (tertiary/aromatic N) is 2. The maximum atomic E-state index is 14.0. The molecule has 0 radical (unpaired) electrons. The Bertz CT molecular complexity index is 1440. The summed E-state index contributed by atoms with van der Waals surface area (Å²) in [4.78, 5) is 8.79. The van der Waals surface area contributed by atoms with Gasteiger partial charge in [-0.15, -0.1) is 0 Å². The Labute approximate surface area is 203 Å². The van der Waals surface area contributed by atoms with Gasteiger partial charge >= 0.3 is 0 Å². The Kier molecular flexibility index (Phi) is 6.32. The van der Waals surface area contributed by atoms with Crippen LogP contribution in [0.1, 0.15) is 24.0 Å². The first kappa shape index (κ1) is 22.8. The van der Waals surface area contributed by atoms with Crippen LogP contribution in [-0.2, 0) is 0 Å². The molecule has 35 heavy (non-hydrogen) atoms. The van der Waals surface area contributed by atoms with Gasteiger partial charge in [-0.3, -0.25) is 0 Å². The molecule has 0 aliphatic carbocycles. The maximum absolute atomic E-state index is 14.0. The average molecular weight is 469 g/mol. The molecule has 1 atom stereocenters. The van der Waals surface area contributed by atoms with Crippen molar-refractivity contribution in [2.75, 3.05) is 18.4 Å². The molecule has 0 amide bonds. The number of benzene rings is 3. The second-order valence-corrected chi connectivity index (χ2v) is 8.65. The zero-order chi connectivity index (χ0) is 24.3. The summed E-state index contributed by atoms with van der Waals surface area (Å²) in [6.07, 6.45) is 3.07. The van der Waals surface area contributed by atoms with Crippen LogP contribution in [0.5, 0.6) is 11.5 Å². The molecule has 1 fully saturated rings. The molecule has 0 spiro atoms. The van der Waals surface area contributed by atoms with Gasteiger partial charge in [-0.1, -0.05) is 24.0 Å². The molecule has 3 N–H and O–H groups in total. The summed E-state index contributed by atoms with van der Waals surface area (Å²) in [5.74, 6) is 7.12. The third-order valence-corrected chi connectivity index (χ3v) is 5.93. The minimum absolute atomic E-state index is 0.181. The first-order valence-corrected chi connectivity index (χ1v) is 11.5. The first-order valence-electron chi connectivity index (χ1n) is 11.5. The monoisotopic (exact) mass is 468 g/mol. The van der Waals surface area contributed by atoms with Gasteiger partial charge in [0.15, 0.2) is 11.6 Å². The van der Waals surface area contributed by atoms with Gasteiger partial charge in [0.25, 0.3) is 0 Å². The average Bonchev–Trinajstić information content (AvgIpc) is 2.86. The maximum Gasteiger partial charge on any atom is 0.165 e. The SMILES string of the molecule is Cc1cc(Nc2ncnc3ccc(C#CC4(O)CCCNC4)cc23)ccc1Oc1ccccc1F. The number of hydrogen-bond donors (Lipinski definition) is 3. The zero-order valence-corrected chi connectivity index (χ0v) is 19.3. The highest BCUT2D eigenvalue weighted by Crippen LogP contribution is 2.31. The van der Waals surface area contributed by atoms with E-state index in [-0.39, 0.29) is 5.75 Å². The van der Waals surface area contributed by atoms with Crippen molar-refractivity contribution in [3.63, 3.8) is 0 Å². The van der Waals surface area contributed by atoms with Crippen molar-refractivity contribution in [2.45, 2.75) is 25.4 Å². The van der Waals surface area contributed by atoms with E-state index in [1.54, 1.807) is 24.3 Å². The van der Waals surface area contributed by atoms with Crippen LogP contribution in [0.2, 0.25) is 0 Å². The second-order valence-electron chi connectivity index (χ2n) is 8.65. The molecule has 1 aliphatic rings. The number of rotatable bonds is 4. The molecule has 3 aromatic carbocycles. The molecule has 6 nitrogen and oxygen atoms in total. The molecule has 176 valence electrons. The molecule has 1 saturated heterocycles. The number of hydrogen-bond acceptors (Lipinski definition) is 6. The number of aryl methyl sites for hydroxylation is 1. The first-order chi connectivity index (χ1) is 17.0. The molecule has 7 heteroatoms. The van der Waals surface area contributed by atoms with Crippen LogP contribution >= 0.6 is 0 Å². The van der Waals surface area contributed by atoms with Gasteiger partial charge < -0.3 is 20.5 Å². The van der Waals surface area contributed by atoms with E-state index in [0.717, 1.165) is 40.7 Å². The summed E-state index contributed by atoms with van der Waals surface area (Å²) in [6.45, 7) is 3.28. The number of para-hydroxylation sites is 1. The van der Waals surface area contributed by atoms with E-state index >= 15 is 0 Å². The molecule has 0 saturated carbocycles. The lowest BCUT2D eigenvalue weighted by Crippen LogP contribution is -2.44. The number of piperidine rings is 1. The van der Waals surface area contributed by atoms with Crippen molar-refractivity contribution in [1.29, 1.82) is 0 Å². The molecule has 4 aromatic rings. The number of nitrogens with one attached hydrogen (secondary N) is 2. The van der Waals surface area contributed by atoms with Crippen LogP contribution in [0.15, 0.2) is 67.0 Å². The molecule has 5 rings (SSSR count). The highest BCUT2D eigenvalue weighted by molar-refractivity contribution is 5.91. The number of halogens is 1. The smallest absolute Gasteiger partial charge is 0.165 e. The minimum Gasteiger partial charge on any atom is -0.454 e. The topological polar surface area (TPSA) is 79.3 Å². The highest BCUT2D eigenvalue weighted by atomic mass is 19.1. The highest BCUT2D eigenvalue weighted by Gasteiger charge is 2.26. The molecule has 1 unspecified atom stereocenters. The number of ether oxygens (including phenoxy) is 1. The molecular weight excluding hydrogens is 443 g/mol. The summed E-state index contributed by atoms with van der Waals surface area (Å²) in [5, 5.41) is 18.0. The largest absolute Gasteiger partial charge is 0.454 e. The fourth-order valence-corrected chi connectivity index (χ4v) is 4.04. The van der Waals surface area contributed by atoms with E-state index in [1.807, 2.05) is 37.3 Å². The van der Waals surface area contributed by atoms with Gasteiger partial charge in [0.05, 0.1) is 5.52 Å². The third-order valence-electron chi connectivity index (χ3n) is 5.93. The number of β-amino-alcohol motifs (C(OH)–C–C–N with tert-alkyl or cyclic N) is 1. The Balaban J connectivity index is 1.39. The number of aromatic nitrogens is 2. The zero-order valence-electron chi connectivity index (χ0n) is 19.3. The van der Waals surface area contributed by atoms with Crippen LogP contribution in [-0.4, -0.2) is 33.8 Å². The van der Waals surface area contributed by atoms with E-state index in [9.17, 15) is 9.50 Å². The van der Waals surface area contributed by atoms with Gasteiger partial charge in [-0.25, -0.2) is 14.4 Å². The summed E-state index contributed by atoms with van der Waals surface area (Å²) >= 11 is 0. The van der Waals surface area contributed by atoms with Crippen LogP contribution in [0.4, 0.5) is 15.9 Å². The molecule has 1 aromatic heterocycles. The van der Waals surface area contributed by atoms with Crippen molar-refractivity contribution >= 4 is 22.4 Å². The van der Waals surface area contributed by atoms with Gasteiger partial charge in [-0.2, -0.15) is 0 Å². The molecule has 1 aliphatic heterocycles. The summed E-state index contributed by atoms with van der Waals surface area (Å²) < 4.78 is 19.7. The van der Waals surface area contributed by atoms with E-state index in [2.05, 4.69) is 32.4 Å². The molecule has 2 heterocycles. The van der Waals surface area contributed by atoms with Crippen LogP contribution in [0.3, 0.4) is 0 Å². The van der Waals surface area contributed by atoms with Gasteiger partial charge in [0.1, 0.15) is 23.5 Å². The lowest BCUT2D eigenvalue weighted by atomic mass is 9.94. The van der Waals surface area contributed by atoms with Crippen molar-refractivity contribution in [3.8, 4) is 23.3 Å².